The first kappa shape index (κ1) is 12.3. The molecule has 2 fully saturated rings. The van der Waals surface area contributed by atoms with E-state index in [2.05, 4.69) is 11.8 Å². The van der Waals surface area contributed by atoms with Crippen LogP contribution < -0.4 is 5.73 Å². The largest absolute Gasteiger partial charge is 0.328 e. The molecule has 0 aromatic rings. The van der Waals surface area contributed by atoms with E-state index in [0.29, 0.717) is 23.6 Å². The fraction of sp³-hybridized carbons (Fsp3) is 1.00. The minimum absolute atomic E-state index is 0.237. The van der Waals surface area contributed by atoms with Crippen molar-refractivity contribution in [2.75, 3.05) is 18.1 Å². The predicted molar refractivity (Wildman–Crippen MR) is 65.1 cm³/mol. The van der Waals surface area contributed by atoms with Crippen LogP contribution in [0.5, 0.6) is 0 Å². The van der Waals surface area contributed by atoms with Crippen LogP contribution in [0.2, 0.25) is 0 Å². The Labute approximate surface area is 98.1 Å². The first-order chi connectivity index (χ1) is 7.48. The molecule has 2 heterocycles. The first-order valence-electron chi connectivity index (χ1n) is 6.20. The summed E-state index contributed by atoms with van der Waals surface area (Å²) in [6.45, 7) is 3.13. The summed E-state index contributed by atoms with van der Waals surface area (Å²) >= 11 is 0. The summed E-state index contributed by atoms with van der Waals surface area (Å²) in [5, 5.41) is 0. The van der Waals surface area contributed by atoms with Crippen LogP contribution in [0.15, 0.2) is 0 Å². The van der Waals surface area contributed by atoms with Gasteiger partial charge in [0, 0.05) is 24.7 Å². The minimum atomic E-state index is -2.79. The Bertz CT molecular complexity index is 342. The topological polar surface area (TPSA) is 63.4 Å². The Kier molecular flexibility index (Phi) is 3.56. The normalized spacial score (nSPS) is 40.8. The molecule has 0 amide bonds. The van der Waals surface area contributed by atoms with E-state index in [1.165, 1.54) is 0 Å². The molecule has 2 rings (SSSR count). The second kappa shape index (κ2) is 4.63. The van der Waals surface area contributed by atoms with Crippen LogP contribution in [-0.2, 0) is 9.84 Å². The van der Waals surface area contributed by atoms with Crippen molar-refractivity contribution in [3.05, 3.63) is 0 Å². The van der Waals surface area contributed by atoms with E-state index in [0.717, 1.165) is 32.2 Å². The zero-order chi connectivity index (χ0) is 11.8. The standard InChI is InChI=1S/C11H22N2O2S/c1-9-7-10(12)4-5-13(9)11-3-2-6-16(14,15)8-11/h9-11H,2-8,12H2,1H3. The van der Waals surface area contributed by atoms with Gasteiger partial charge in [-0.05, 0) is 32.6 Å². The molecule has 2 aliphatic heterocycles. The van der Waals surface area contributed by atoms with E-state index < -0.39 is 9.84 Å². The Morgan fingerprint density at radius 2 is 2.06 bits per heavy atom. The molecule has 3 atom stereocenters. The molecule has 3 unspecified atom stereocenters. The van der Waals surface area contributed by atoms with Crippen molar-refractivity contribution >= 4 is 9.84 Å². The Morgan fingerprint density at radius 3 is 2.69 bits per heavy atom. The predicted octanol–water partition coefficient (Wildman–Crippen LogP) is 0.375. The summed E-state index contributed by atoms with van der Waals surface area (Å²) in [7, 11) is -2.79. The molecule has 0 saturated carbocycles. The van der Waals surface area contributed by atoms with Gasteiger partial charge in [-0.3, -0.25) is 4.90 Å². The van der Waals surface area contributed by atoms with Crippen LogP contribution in [0, 0.1) is 0 Å². The third kappa shape index (κ3) is 2.76. The van der Waals surface area contributed by atoms with Gasteiger partial charge in [0.15, 0.2) is 9.84 Å². The highest BCUT2D eigenvalue weighted by Gasteiger charge is 2.34. The Balaban J connectivity index is 2.01. The molecule has 4 nitrogen and oxygen atoms in total. The van der Waals surface area contributed by atoms with Gasteiger partial charge in [-0.1, -0.05) is 0 Å². The number of hydrogen-bond acceptors (Lipinski definition) is 4. The summed E-state index contributed by atoms with van der Waals surface area (Å²) in [5.74, 6) is 0.734. The molecule has 2 aliphatic rings. The fourth-order valence-electron chi connectivity index (χ4n) is 3.03. The molecule has 0 bridgehead atoms. The molecule has 0 aromatic carbocycles. The second-order valence-corrected chi connectivity index (χ2v) is 7.51. The molecule has 0 aliphatic carbocycles. The summed E-state index contributed by atoms with van der Waals surface area (Å²) in [6.07, 6.45) is 3.85. The van der Waals surface area contributed by atoms with Gasteiger partial charge >= 0.3 is 0 Å². The lowest BCUT2D eigenvalue weighted by atomic mass is 9.96. The maximum Gasteiger partial charge on any atom is 0.151 e. The summed E-state index contributed by atoms with van der Waals surface area (Å²) in [5.41, 5.74) is 5.93. The van der Waals surface area contributed by atoms with Gasteiger partial charge < -0.3 is 5.73 Å². The monoisotopic (exact) mass is 246 g/mol. The molecular weight excluding hydrogens is 224 g/mol. The number of piperidine rings is 1. The van der Waals surface area contributed by atoms with Gasteiger partial charge in [-0.15, -0.1) is 0 Å². The molecule has 2 saturated heterocycles. The van der Waals surface area contributed by atoms with Crippen LogP contribution in [0.25, 0.3) is 0 Å². The van der Waals surface area contributed by atoms with Crippen molar-refractivity contribution in [1.82, 2.24) is 4.90 Å². The molecule has 0 spiro atoms. The average molecular weight is 246 g/mol. The van der Waals surface area contributed by atoms with Crippen molar-refractivity contribution in [3.8, 4) is 0 Å². The molecule has 2 N–H and O–H groups in total. The maximum absolute atomic E-state index is 11.6. The summed E-state index contributed by atoms with van der Waals surface area (Å²) in [6, 6.07) is 0.967. The highest BCUT2D eigenvalue weighted by molar-refractivity contribution is 7.91. The van der Waals surface area contributed by atoms with E-state index >= 15 is 0 Å². The highest BCUT2D eigenvalue weighted by Crippen LogP contribution is 2.24. The Morgan fingerprint density at radius 1 is 1.31 bits per heavy atom. The van der Waals surface area contributed by atoms with Crippen molar-refractivity contribution in [1.29, 1.82) is 0 Å². The van der Waals surface area contributed by atoms with Crippen LogP contribution in [0.4, 0.5) is 0 Å². The van der Waals surface area contributed by atoms with Gasteiger partial charge in [-0.2, -0.15) is 0 Å². The van der Waals surface area contributed by atoms with Crippen molar-refractivity contribution in [3.63, 3.8) is 0 Å². The van der Waals surface area contributed by atoms with Crippen molar-refractivity contribution in [2.24, 2.45) is 5.73 Å². The Hall–Kier alpha value is -0.130. The SMILES string of the molecule is CC1CC(N)CCN1C1CCCS(=O)(=O)C1. The van der Waals surface area contributed by atoms with Gasteiger partial charge in [-0.25, -0.2) is 8.42 Å². The molecule has 5 heteroatoms. The zero-order valence-corrected chi connectivity index (χ0v) is 10.7. The molecule has 0 radical (unpaired) electrons. The van der Waals surface area contributed by atoms with Gasteiger partial charge in [0.1, 0.15) is 0 Å². The summed E-state index contributed by atoms with van der Waals surface area (Å²) in [4.78, 5) is 2.36. The van der Waals surface area contributed by atoms with Gasteiger partial charge in [0.05, 0.1) is 11.5 Å². The van der Waals surface area contributed by atoms with Crippen LogP contribution in [0.1, 0.15) is 32.6 Å². The van der Waals surface area contributed by atoms with Crippen molar-refractivity contribution in [2.45, 2.75) is 50.7 Å². The maximum atomic E-state index is 11.6. The fourth-order valence-corrected chi connectivity index (χ4v) is 4.75. The first-order valence-corrected chi connectivity index (χ1v) is 8.02. The molecule has 94 valence electrons. The third-order valence-corrected chi connectivity index (χ3v) is 5.68. The van der Waals surface area contributed by atoms with Crippen LogP contribution >= 0.6 is 0 Å². The zero-order valence-electron chi connectivity index (χ0n) is 9.93. The van der Waals surface area contributed by atoms with Crippen molar-refractivity contribution < 1.29 is 8.42 Å². The number of nitrogens with two attached hydrogens (primary N) is 1. The number of likely N-dealkylation sites (tertiary alicyclic amines) is 1. The number of nitrogens with zero attached hydrogens (tertiary/aromatic N) is 1. The smallest absolute Gasteiger partial charge is 0.151 e. The molecule has 16 heavy (non-hydrogen) atoms. The van der Waals surface area contributed by atoms with Gasteiger partial charge in [0.25, 0.3) is 0 Å². The molecular formula is C11H22N2O2S. The molecule has 0 aromatic heterocycles. The average Bonchev–Trinajstić information content (AvgIpc) is 2.15. The highest BCUT2D eigenvalue weighted by atomic mass is 32.2. The lowest BCUT2D eigenvalue weighted by Crippen LogP contribution is -2.53. The quantitative estimate of drug-likeness (QED) is 0.726. The van der Waals surface area contributed by atoms with E-state index in [-0.39, 0.29) is 6.04 Å². The van der Waals surface area contributed by atoms with Crippen LogP contribution in [-0.4, -0.2) is 49.5 Å². The van der Waals surface area contributed by atoms with E-state index in [4.69, 9.17) is 5.73 Å². The lowest BCUT2D eigenvalue weighted by Gasteiger charge is -2.42. The van der Waals surface area contributed by atoms with E-state index in [1.54, 1.807) is 0 Å². The number of rotatable bonds is 1. The lowest BCUT2D eigenvalue weighted by molar-refractivity contribution is 0.0987. The summed E-state index contributed by atoms with van der Waals surface area (Å²) < 4.78 is 23.2. The second-order valence-electron chi connectivity index (χ2n) is 5.28. The minimum Gasteiger partial charge on any atom is -0.328 e. The van der Waals surface area contributed by atoms with E-state index in [1.807, 2.05) is 0 Å². The number of hydrogen-bond donors (Lipinski definition) is 1. The van der Waals surface area contributed by atoms with Gasteiger partial charge in [0.2, 0.25) is 0 Å². The third-order valence-electron chi connectivity index (χ3n) is 3.88. The van der Waals surface area contributed by atoms with Crippen LogP contribution in [0.3, 0.4) is 0 Å². The van der Waals surface area contributed by atoms with E-state index in [9.17, 15) is 8.42 Å². The number of sulfone groups is 1.